The van der Waals surface area contributed by atoms with E-state index in [1.54, 1.807) is 5.01 Å². The maximum absolute atomic E-state index is 5.06. The zero-order valence-corrected chi connectivity index (χ0v) is 26.8. The molecule has 5 heterocycles. The molecule has 0 spiro atoms. The van der Waals surface area contributed by atoms with E-state index >= 15 is 0 Å². The first-order valence-electron chi connectivity index (χ1n) is 14.7. The Balaban J connectivity index is 0.00000324. The summed E-state index contributed by atoms with van der Waals surface area (Å²) in [6.45, 7) is 0. The fraction of sp³-hybridized carbons (Fsp3) is 0. The number of aromatic nitrogens is 4. The second-order valence-electron chi connectivity index (χ2n) is 10.6. The van der Waals surface area contributed by atoms with Crippen LogP contribution in [0.25, 0.3) is 27.7 Å². The van der Waals surface area contributed by atoms with Crippen molar-refractivity contribution in [1.82, 2.24) is 19.1 Å². The Morgan fingerprint density at radius 3 is 1.79 bits per heavy atom. The van der Waals surface area contributed by atoms with Gasteiger partial charge in [-0.15, -0.1) is 0 Å². The summed E-state index contributed by atoms with van der Waals surface area (Å²) in [5, 5.41) is 16.5. The molecule has 228 valence electrons. The summed E-state index contributed by atoms with van der Waals surface area (Å²) < 4.78 is 3.90. The Morgan fingerprint density at radius 1 is 0.532 bits per heavy atom. The summed E-state index contributed by atoms with van der Waals surface area (Å²) in [5.41, 5.74) is 4.67. The molecular formula is C35H23N11Pt. The molecule has 0 N–H and O–H groups in total. The number of nitrogens with zero attached hydrogens (tertiary/aromatic N) is 11. The number of para-hydroxylation sites is 4. The number of anilines is 2. The molecule has 0 saturated heterocycles. The molecule has 6 aromatic rings. The van der Waals surface area contributed by atoms with Crippen LogP contribution in [0.1, 0.15) is 11.5 Å². The first-order chi connectivity index (χ1) is 22.8. The number of hydrogen-bond donors (Lipinski definition) is 0. The summed E-state index contributed by atoms with van der Waals surface area (Å²) in [6.07, 6.45) is 5.72. The van der Waals surface area contributed by atoms with E-state index < -0.39 is 0 Å². The average molecular weight is 793 g/mol. The third-order valence-corrected chi connectivity index (χ3v) is 7.63. The molecular weight excluding hydrogens is 770 g/mol. The predicted molar refractivity (Wildman–Crippen MR) is 180 cm³/mol. The summed E-state index contributed by atoms with van der Waals surface area (Å²) in [4.78, 5) is 21.9. The summed E-state index contributed by atoms with van der Waals surface area (Å²) in [7, 11) is 0. The molecule has 0 aliphatic carbocycles. The fourth-order valence-corrected chi connectivity index (χ4v) is 5.48. The molecule has 11 nitrogen and oxygen atoms in total. The van der Waals surface area contributed by atoms with Crippen molar-refractivity contribution in [3.05, 3.63) is 162 Å². The van der Waals surface area contributed by atoms with Crippen LogP contribution >= 0.6 is 0 Å². The van der Waals surface area contributed by atoms with E-state index in [2.05, 4.69) is 0 Å². The molecule has 47 heavy (non-hydrogen) atoms. The number of hydrazone groups is 1. The Labute approximate surface area is 284 Å². The zero-order valence-electron chi connectivity index (χ0n) is 24.5. The average Bonchev–Trinajstić information content (AvgIpc) is 3.91. The van der Waals surface area contributed by atoms with E-state index in [0.717, 1.165) is 22.7 Å². The Morgan fingerprint density at radius 2 is 1.13 bits per heavy atom. The Kier molecular flexibility index (Phi) is 7.07. The fourth-order valence-electron chi connectivity index (χ4n) is 5.48. The largest absolute Gasteiger partial charge is 2.00 e. The molecule has 0 fully saturated rings. The van der Waals surface area contributed by atoms with Crippen LogP contribution in [0.3, 0.4) is 0 Å². The van der Waals surface area contributed by atoms with Crippen molar-refractivity contribution >= 4 is 46.6 Å². The monoisotopic (exact) mass is 792 g/mol. The second-order valence-corrected chi connectivity index (χ2v) is 10.6. The van der Waals surface area contributed by atoms with Crippen LogP contribution < -0.4 is 9.91 Å². The van der Waals surface area contributed by atoms with Crippen molar-refractivity contribution in [1.29, 1.82) is 0 Å². The van der Waals surface area contributed by atoms with Gasteiger partial charge in [-0.05, 0) is 48.3 Å². The maximum Gasteiger partial charge on any atom is 2.00 e. The molecule has 4 aromatic carbocycles. The van der Waals surface area contributed by atoms with Gasteiger partial charge in [-0.2, -0.15) is 0 Å². The predicted octanol–water partition coefficient (Wildman–Crippen LogP) is 7.49. The van der Waals surface area contributed by atoms with Crippen LogP contribution in [0, 0.1) is 0 Å². The smallest absolute Gasteiger partial charge is 0.374 e. The van der Waals surface area contributed by atoms with E-state index in [9.17, 15) is 0 Å². The molecule has 3 aliphatic rings. The van der Waals surface area contributed by atoms with Gasteiger partial charge in [0.2, 0.25) is 0 Å². The van der Waals surface area contributed by atoms with E-state index in [1.807, 2.05) is 154 Å². The van der Waals surface area contributed by atoms with Gasteiger partial charge in [-0.25, -0.2) is 9.97 Å². The normalized spacial score (nSPS) is 14.6. The zero-order chi connectivity index (χ0) is 30.5. The van der Waals surface area contributed by atoms with Gasteiger partial charge in [0.1, 0.15) is 17.3 Å². The van der Waals surface area contributed by atoms with Crippen LogP contribution in [-0.2, 0) is 21.1 Å². The number of imidazole rings is 2. The minimum Gasteiger partial charge on any atom is -0.374 e. The van der Waals surface area contributed by atoms with Crippen molar-refractivity contribution in [2.45, 2.75) is 0 Å². The first kappa shape index (κ1) is 28.4. The summed E-state index contributed by atoms with van der Waals surface area (Å²) >= 11 is 0. The van der Waals surface area contributed by atoms with E-state index in [0.29, 0.717) is 46.7 Å². The number of hydrogen-bond acceptors (Lipinski definition) is 7. The maximum atomic E-state index is 5.06. The van der Waals surface area contributed by atoms with E-state index in [-0.39, 0.29) is 21.1 Å². The number of benzene rings is 4. The standard InChI is InChI=1S/C35H23N11.Pt/c1-5-13-24(14-6-1)43-23-30-38-32(43)29-22-45(26-17-9-3-10-18-26)34(37-29)41-33-36-28(21-44(33)25-15-7-2-8-16-25)31-40-35(39-30)46(42-31)27-19-11-4-12-20-27;/h1-23H;/q-2;+2. The summed E-state index contributed by atoms with van der Waals surface area (Å²) in [6, 6.07) is 39.7. The number of amidine groups is 1. The number of aliphatic imine (C=N–C) groups is 2. The minimum atomic E-state index is 0. The van der Waals surface area contributed by atoms with Crippen molar-refractivity contribution in [3.8, 4) is 11.4 Å². The van der Waals surface area contributed by atoms with Gasteiger partial charge in [0.05, 0.1) is 11.8 Å². The van der Waals surface area contributed by atoms with Crippen LogP contribution in [-0.4, -0.2) is 36.9 Å². The molecule has 9 rings (SSSR count). The van der Waals surface area contributed by atoms with Crippen LogP contribution in [0.4, 0.5) is 23.1 Å². The van der Waals surface area contributed by atoms with Crippen molar-refractivity contribution in [3.63, 3.8) is 0 Å². The third-order valence-electron chi connectivity index (χ3n) is 7.63. The molecule has 12 heteroatoms. The third kappa shape index (κ3) is 5.12. The van der Waals surface area contributed by atoms with Gasteiger partial charge >= 0.3 is 21.1 Å². The van der Waals surface area contributed by atoms with Gasteiger partial charge in [0.15, 0.2) is 5.95 Å². The van der Waals surface area contributed by atoms with E-state index in [4.69, 9.17) is 35.7 Å². The van der Waals surface area contributed by atoms with Gasteiger partial charge in [-0.1, -0.05) is 84.9 Å². The molecule has 2 aromatic heterocycles. The molecule has 0 radical (unpaired) electrons. The van der Waals surface area contributed by atoms with Gasteiger partial charge in [0.25, 0.3) is 0 Å². The quantitative estimate of drug-likeness (QED) is 0.185. The van der Waals surface area contributed by atoms with Gasteiger partial charge in [-0.3, -0.25) is 14.2 Å². The Hall–Kier alpha value is -6.06. The van der Waals surface area contributed by atoms with Crippen LogP contribution in [0.15, 0.2) is 155 Å². The second kappa shape index (κ2) is 11.7. The van der Waals surface area contributed by atoms with Crippen LogP contribution in [0.2, 0.25) is 0 Å². The minimum absolute atomic E-state index is 0. The van der Waals surface area contributed by atoms with Crippen molar-refractivity contribution < 1.29 is 21.1 Å². The number of guanidine groups is 2. The van der Waals surface area contributed by atoms with Crippen molar-refractivity contribution in [2.75, 3.05) is 9.91 Å². The molecule has 0 amide bonds. The van der Waals surface area contributed by atoms with Gasteiger partial charge in [0, 0.05) is 41.1 Å². The number of rotatable bonds is 4. The molecule has 8 bridgehead atoms. The molecule has 0 unspecified atom stereocenters. The van der Waals surface area contributed by atoms with E-state index in [1.165, 1.54) is 0 Å². The SMILES string of the molecule is C1=C2[N-]C(=Nc3nc(cn3-c3ccccc3)C3=NN(c4ccccc4)C(=Nc4cn(-c5ccccc5)c2n4)[N-]3)N1c1ccccc1.[Pt+2]. The topological polar surface area (TPSA) is 107 Å². The number of fused-ring (bicyclic) bond motifs is 10. The van der Waals surface area contributed by atoms with Crippen molar-refractivity contribution in [2.24, 2.45) is 15.1 Å². The first-order valence-corrected chi connectivity index (χ1v) is 14.7. The molecule has 0 atom stereocenters. The molecule has 0 saturated carbocycles. The Bertz CT molecular complexity index is 2200. The molecule has 3 aliphatic heterocycles. The van der Waals surface area contributed by atoms with Crippen LogP contribution in [0.5, 0.6) is 0 Å². The van der Waals surface area contributed by atoms with Gasteiger partial charge < -0.3 is 30.5 Å². The summed E-state index contributed by atoms with van der Waals surface area (Å²) in [5.74, 6) is 2.69.